The molecule has 3 rings (SSSR count). The third-order valence-corrected chi connectivity index (χ3v) is 6.00. The Bertz CT molecular complexity index is 949. The van der Waals surface area contributed by atoms with Gasteiger partial charge in [-0.15, -0.1) is 12.4 Å². The summed E-state index contributed by atoms with van der Waals surface area (Å²) in [7, 11) is -2.72. The van der Waals surface area contributed by atoms with Gasteiger partial charge in [-0.25, -0.2) is 8.42 Å². The van der Waals surface area contributed by atoms with E-state index >= 15 is 0 Å². The summed E-state index contributed by atoms with van der Waals surface area (Å²) < 4.78 is 32.8. The van der Waals surface area contributed by atoms with Crippen molar-refractivity contribution in [3.8, 4) is 5.75 Å². The largest absolute Gasteiger partial charge is 0.495 e. The number of hydrogen-bond acceptors (Lipinski definition) is 6. The first-order valence-electron chi connectivity index (χ1n) is 7.59. The van der Waals surface area contributed by atoms with E-state index in [-0.39, 0.29) is 35.3 Å². The van der Waals surface area contributed by atoms with Crippen molar-refractivity contribution in [2.24, 2.45) is 0 Å². The number of halogens is 1. The summed E-state index contributed by atoms with van der Waals surface area (Å²) in [6.07, 6.45) is 1.29. The second-order valence-electron chi connectivity index (χ2n) is 5.62. The van der Waals surface area contributed by atoms with E-state index in [2.05, 4.69) is 0 Å². The lowest BCUT2D eigenvalue weighted by molar-refractivity contribution is -0.385. The van der Waals surface area contributed by atoms with Gasteiger partial charge in [-0.05, 0) is 36.6 Å². The Morgan fingerprint density at radius 1 is 1.27 bits per heavy atom. The van der Waals surface area contributed by atoms with Crippen molar-refractivity contribution in [1.29, 1.82) is 0 Å². The van der Waals surface area contributed by atoms with Gasteiger partial charge in [-0.3, -0.25) is 14.4 Å². The minimum Gasteiger partial charge on any atom is -0.495 e. The van der Waals surface area contributed by atoms with Crippen LogP contribution in [0.25, 0.3) is 0 Å². The number of rotatable bonds is 4. The smallest absolute Gasteiger partial charge is 0.271 e. The van der Waals surface area contributed by atoms with Crippen molar-refractivity contribution in [3.05, 3.63) is 52.1 Å². The number of methoxy groups -OCH3 is 1. The van der Waals surface area contributed by atoms with E-state index in [1.165, 1.54) is 23.5 Å². The number of nitro benzene ring substituents is 1. The molecule has 2 N–H and O–H groups in total. The van der Waals surface area contributed by atoms with E-state index in [9.17, 15) is 18.5 Å². The highest BCUT2D eigenvalue weighted by Crippen LogP contribution is 2.38. The van der Waals surface area contributed by atoms with E-state index in [0.29, 0.717) is 24.2 Å². The fourth-order valence-electron chi connectivity index (χ4n) is 2.97. The van der Waals surface area contributed by atoms with Crippen molar-refractivity contribution in [1.82, 2.24) is 0 Å². The number of nitrogens with zero attached hydrogens (tertiary/aromatic N) is 2. The first-order chi connectivity index (χ1) is 11.9. The molecule has 0 radical (unpaired) electrons. The maximum Gasteiger partial charge on any atom is 0.271 e. The van der Waals surface area contributed by atoms with Crippen LogP contribution in [0.2, 0.25) is 0 Å². The standard InChI is InChI=1S/C16H17N3O5S.ClH/c1-24-15-8-7-11(19(20)21)10-16(15)25(22,23)18-9-3-4-12-13(17)5-2-6-14(12)18;/h2,5-8,10H,3-4,9,17H2,1H3;1H. The third kappa shape index (κ3) is 3.27. The van der Waals surface area contributed by atoms with Gasteiger partial charge in [0.1, 0.15) is 10.6 Å². The number of fused-ring (bicyclic) bond motifs is 1. The first kappa shape index (κ1) is 19.8. The lowest BCUT2D eigenvalue weighted by atomic mass is 10.0. The molecule has 0 amide bonds. The van der Waals surface area contributed by atoms with Crippen LogP contribution in [0.4, 0.5) is 17.1 Å². The lowest BCUT2D eigenvalue weighted by Crippen LogP contribution is -2.36. The number of nitrogens with two attached hydrogens (primary N) is 1. The zero-order valence-electron chi connectivity index (χ0n) is 13.9. The van der Waals surface area contributed by atoms with Gasteiger partial charge in [-0.1, -0.05) is 6.07 Å². The van der Waals surface area contributed by atoms with Crippen LogP contribution in [0.1, 0.15) is 12.0 Å². The van der Waals surface area contributed by atoms with Gasteiger partial charge in [0.25, 0.3) is 15.7 Å². The van der Waals surface area contributed by atoms with Crippen LogP contribution < -0.4 is 14.8 Å². The number of non-ortho nitro benzene ring substituents is 1. The molecule has 8 nitrogen and oxygen atoms in total. The Kier molecular flexibility index (Phi) is 5.62. The van der Waals surface area contributed by atoms with Gasteiger partial charge >= 0.3 is 0 Å². The molecule has 1 heterocycles. The molecule has 2 aromatic rings. The zero-order chi connectivity index (χ0) is 18.2. The Labute approximate surface area is 157 Å². The maximum absolute atomic E-state index is 13.2. The Balaban J connectivity index is 0.00000243. The Hall–Kier alpha value is -2.52. The van der Waals surface area contributed by atoms with Crippen LogP contribution in [-0.4, -0.2) is 27.0 Å². The zero-order valence-corrected chi connectivity index (χ0v) is 15.5. The number of sulfonamides is 1. The van der Waals surface area contributed by atoms with Crippen LogP contribution in [0, 0.1) is 10.1 Å². The number of ether oxygens (including phenoxy) is 1. The average Bonchev–Trinajstić information content (AvgIpc) is 2.61. The van der Waals surface area contributed by atoms with Gasteiger partial charge in [0, 0.05) is 24.4 Å². The highest BCUT2D eigenvalue weighted by atomic mass is 35.5. The fourth-order valence-corrected chi connectivity index (χ4v) is 4.68. The molecule has 2 aromatic carbocycles. The van der Waals surface area contributed by atoms with Gasteiger partial charge in [-0.2, -0.15) is 0 Å². The van der Waals surface area contributed by atoms with Gasteiger partial charge < -0.3 is 10.5 Å². The minimum absolute atomic E-state index is 0. The molecule has 1 aliphatic heterocycles. The number of benzene rings is 2. The maximum atomic E-state index is 13.2. The van der Waals surface area contributed by atoms with Crippen molar-refractivity contribution in [3.63, 3.8) is 0 Å². The van der Waals surface area contributed by atoms with Crippen molar-refractivity contribution < 1.29 is 18.1 Å². The molecular formula is C16H18ClN3O5S. The Morgan fingerprint density at radius 3 is 2.65 bits per heavy atom. The molecule has 0 aliphatic carbocycles. The van der Waals surface area contributed by atoms with Crippen LogP contribution in [0.15, 0.2) is 41.3 Å². The predicted molar refractivity (Wildman–Crippen MR) is 101 cm³/mol. The summed E-state index contributed by atoms with van der Waals surface area (Å²) in [5.74, 6) is 0.0571. The molecular weight excluding hydrogens is 382 g/mol. The highest BCUT2D eigenvalue weighted by molar-refractivity contribution is 7.93. The summed E-state index contributed by atoms with van der Waals surface area (Å²) in [5.41, 5.74) is 7.45. The molecule has 0 unspecified atom stereocenters. The van der Waals surface area contributed by atoms with Gasteiger partial charge in [0.2, 0.25) is 0 Å². The second-order valence-corrected chi connectivity index (χ2v) is 7.45. The van der Waals surface area contributed by atoms with Crippen molar-refractivity contribution >= 4 is 39.5 Å². The number of nitrogen functional groups attached to an aromatic ring is 1. The normalized spacial score (nSPS) is 13.5. The molecule has 26 heavy (non-hydrogen) atoms. The quantitative estimate of drug-likeness (QED) is 0.480. The van der Waals surface area contributed by atoms with Crippen LogP contribution >= 0.6 is 12.4 Å². The molecule has 0 atom stereocenters. The van der Waals surface area contributed by atoms with E-state index in [1.807, 2.05) is 0 Å². The summed E-state index contributed by atoms with van der Waals surface area (Å²) in [6, 6.07) is 8.62. The topological polar surface area (TPSA) is 116 Å². The van der Waals surface area contributed by atoms with E-state index < -0.39 is 14.9 Å². The lowest BCUT2D eigenvalue weighted by Gasteiger charge is -2.31. The summed E-state index contributed by atoms with van der Waals surface area (Å²) in [5, 5.41) is 11.0. The van der Waals surface area contributed by atoms with Gasteiger partial charge in [0.05, 0.1) is 17.7 Å². The molecule has 0 aromatic heterocycles. The van der Waals surface area contributed by atoms with E-state index in [1.54, 1.807) is 18.2 Å². The van der Waals surface area contributed by atoms with Gasteiger partial charge in [0.15, 0.2) is 0 Å². The summed E-state index contributed by atoms with van der Waals surface area (Å²) in [4.78, 5) is 10.2. The second kappa shape index (κ2) is 7.38. The van der Waals surface area contributed by atoms with Crippen LogP contribution in [0.3, 0.4) is 0 Å². The summed E-state index contributed by atoms with van der Waals surface area (Å²) >= 11 is 0. The molecule has 0 spiro atoms. The number of hydrogen-bond donors (Lipinski definition) is 1. The molecule has 0 fully saturated rings. The molecule has 140 valence electrons. The van der Waals surface area contributed by atoms with Crippen molar-refractivity contribution in [2.75, 3.05) is 23.7 Å². The van der Waals surface area contributed by atoms with E-state index in [0.717, 1.165) is 11.6 Å². The predicted octanol–water partition coefficient (Wildman–Crippen LogP) is 2.75. The summed E-state index contributed by atoms with van der Waals surface area (Å²) in [6.45, 7) is 0.268. The van der Waals surface area contributed by atoms with Crippen LogP contribution in [0.5, 0.6) is 5.75 Å². The Morgan fingerprint density at radius 2 is 2.00 bits per heavy atom. The fraction of sp³-hybridized carbons (Fsp3) is 0.250. The van der Waals surface area contributed by atoms with E-state index in [4.69, 9.17) is 10.5 Å². The first-order valence-corrected chi connectivity index (χ1v) is 9.03. The molecule has 0 saturated heterocycles. The monoisotopic (exact) mass is 399 g/mol. The molecule has 10 heteroatoms. The number of anilines is 2. The van der Waals surface area contributed by atoms with Crippen LogP contribution in [-0.2, 0) is 16.4 Å². The SMILES string of the molecule is COc1ccc([N+](=O)[O-])cc1S(=O)(=O)N1CCCc2c(N)cccc21.Cl. The molecule has 0 saturated carbocycles. The highest BCUT2D eigenvalue weighted by Gasteiger charge is 2.33. The molecule has 1 aliphatic rings. The average molecular weight is 400 g/mol. The number of nitro groups is 1. The van der Waals surface area contributed by atoms with Crippen molar-refractivity contribution in [2.45, 2.75) is 17.7 Å². The third-order valence-electron chi connectivity index (χ3n) is 4.17. The minimum atomic E-state index is -4.04. The molecule has 0 bridgehead atoms.